The van der Waals surface area contributed by atoms with Crippen LogP contribution in [-0.4, -0.2) is 84.6 Å². The number of fused-ring (bicyclic) bond motifs is 1. The predicted molar refractivity (Wildman–Crippen MR) is 187 cm³/mol. The first-order chi connectivity index (χ1) is 23.7. The Morgan fingerprint density at radius 2 is 1.54 bits per heavy atom. The van der Waals surface area contributed by atoms with Gasteiger partial charge in [-0.1, -0.05) is 56.7 Å². The van der Waals surface area contributed by atoms with E-state index in [0.29, 0.717) is 17.0 Å². The van der Waals surface area contributed by atoms with Gasteiger partial charge in [0.15, 0.2) is 0 Å². The highest BCUT2D eigenvalue weighted by Gasteiger charge is 2.26. The Balaban J connectivity index is 0.000000610. The molecule has 0 radical (unpaired) electrons. The van der Waals surface area contributed by atoms with E-state index in [1.165, 1.54) is 18.1 Å². The molecule has 0 aliphatic rings. The van der Waals surface area contributed by atoms with Crippen LogP contribution in [0.25, 0.3) is 10.9 Å². The minimum absolute atomic E-state index is 0.00451. The number of aromatic amines is 2. The van der Waals surface area contributed by atoms with Gasteiger partial charge in [-0.25, -0.2) is 9.78 Å². The minimum atomic E-state index is -1.28. The molecule has 0 fully saturated rings. The molecule has 0 saturated heterocycles. The number of hydrogen-bond acceptors (Lipinski definition) is 8. The molecule has 15 heteroatoms. The Bertz CT molecular complexity index is 1650. The molecular formula is C35H47N7O8. The van der Waals surface area contributed by atoms with E-state index in [1.807, 2.05) is 43.3 Å². The number of phenols is 1. The number of benzene rings is 2. The number of amides is 3. The van der Waals surface area contributed by atoms with Crippen LogP contribution in [0.5, 0.6) is 5.75 Å². The molecule has 15 nitrogen and oxygen atoms in total. The van der Waals surface area contributed by atoms with E-state index >= 15 is 0 Å². The summed E-state index contributed by atoms with van der Waals surface area (Å²) in [4.78, 5) is 70.1. The minimum Gasteiger partial charge on any atom is -0.508 e. The maximum absolute atomic E-state index is 12.7. The van der Waals surface area contributed by atoms with Gasteiger partial charge in [0.05, 0.1) is 18.9 Å². The van der Waals surface area contributed by atoms with Crippen LogP contribution < -0.4 is 21.7 Å². The molecule has 2 aromatic heterocycles. The van der Waals surface area contributed by atoms with Crippen LogP contribution in [0.15, 0.2) is 67.3 Å². The second-order valence-electron chi connectivity index (χ2n) is 12.2. The van der Waals surface area contributed by atoms with Gasteiger partial charge >= 0.3 is 11.9 Å². The van der Waals surface area contributed by atoms with Gasteiger partial charge in [0.2, 0.25) is 17.7 Å². The summed E-state index contributed by atoms with van der Waals surface area (Å²) in [6.07, 6.45) is 4.02. The number of aromatic nitrogens is 3. The van der Waals surface area contributed by atoms with E-state index in [0.717, 1.165) is 16.8 Å². The summed E-state index contributed by atoms with van der Waals surface area (Å²) in [6, 6.07) is 10.8. The Morgan fingerprint density at radius 1 is 0.880 bits per heavy atom. The zero-order valence-electron chi connectivity index (χ0n) is 28.6. The molecule has 3 unspecified atom stereocenters. The van der Waals surface area contributed by atoms with Crippen LogP contribution in [0.1, 0.15) is 50.4 Å². The maximum Gasteiger partial charge on any atom is 0.326 e. The number of carbonyl (C=O) groups is 5. The van der Waals surface area contributed by atoms with E-state index in [1.54, 1.807) is 18.3 Å². The third-order valence-corrected chi connectivity index (χ3v) is 6.80. The summed E-state index contributed by atoms with van der Waals surface area (Å²) < 4.78 is 0. The number of carboxylic acids is 2. The van der Waals surface area contributed by atoms with Crippen molar-refractivity contribution in [3.8, 4) is 5.75 Å². The fraction of sp³-hybridized carbons (Fsp3) is 0.371. The Kier molecular flexibility index (Phi) is 16.7. The molecule has 2 aromatic carbocycles. The van der Waals surface area contributed by atoms with E-state index in [9.17, 15) is 29.1 Å². The summed E-state index contributed by atoms with van der Waals surface area (Å²) >= 11 is 0. The fourth-order valence-corrected chi connectivity index (χ4v) is 4.34. The lowest BCUT2D eigenvalue weighted by Gasteiger charge is -2.20. The number of aromatic hydroxyl groups is 1. The van der Waals surface area contributed by atoms with Crippen molar-refractivity contribution in [2.75, 3.05) is 6.54 Å². The van der Waals surface area contributed by atoms with E-state index < -0.39 is 60.8 Å². The third kappa shape index (κ3) is 15.0. The number of nitrogens with one attached hydrogen (secondary N) is 5. The normalized spacial score (nSPS) is 12.3. The second-order valence-corrected chi connectivity index (χ2v) is 12.2. The first-order valence-electron chi connectivity index (χ1n) is 16.0. The highest BCUT2D eigenvalue weighted by molar-refractivity contribution is 5.93. The molecule has 0 aliphatic carbocycles. The van der Waals surface area contributed by atoms with Crippen LogP contribution in [0.4, 0.5) is 0 Å². The van der Waals surface area contributed by atoms with Crippen molar-refractivity contribution in [3.63, 3.8) is 0 Å². The average Bonchev–Trinajstić information content (AvgIpc) is 3.73. The first-order valence-corrected chi connectivity index (χ1v) is 16.0. The number of imidazole rings is 1. The number of carboxylic acid groups (broad SMARTS) is 2. The zero-order valence-corrected chi connectivity index (χ0v) is 28.6. The summed E-state index contributed by atoms with van der Waals surface area (Å²) in [5.74, 6) is -3.56. The Hall–Kier alpha value is -5.70. The average molecular weight is 694 g/mol. The highest BCUT2D eigenvalue weighted by Crippen LogP contribution is 2.19. The van der Waals surface area contributed by atoms with Gasteiger partial charge in [0.25, 0.3) is 0 Å². The largest absolute Gasteiger partial charge is 0.508 e. The van der Waals surface area contributed by atoms with Crippen molar-refractivity contribution < 1.29 is 39.3 Å². The van der Waals surface area contributed by atoms with Crippen molar-refractivity contribution in [1.29, 1.82) is 0 Å². The van der Waals surface area contributed by atoms with Gasteiger partial charge < -0.3 is 47.0 Å². The van der Waals surface area contributed by atoms with E-state index in [4.69, 9.17) is 15.9 Å². The molecule has 3 amide bonds. The molecule has 0 aliphatic heterocycles. The SMILES string of the molecule is CC(C)C.Cc1ccc(O)cc1.NC(Cc1cnc[nH]1)C(=O)NC(CCC(=O)O)C(=O)NCC(=O)NC(Cc1c[nH]c2ccccc12)C(=O)O. The number of aryl methyl sites for hydroxylation is 1. The number of rotatable bonds is 14. The lowest BCUT2D eigenvalue weighted by atomic mass is 10.0. The molecule has 4 aromatic rings. The monoisotopic (exact) mass is 693 g/mol. The fourth-order valence-electron chi connectivity index (χ4n) is 4.34. The molecule has 0 saturated carbocycles. The van der Waals surface area contributed by atoms with Crippen molar-refractivity contribution >= 4 is 40.6 Å². The lowest BCUT2D eigenvalue weighted by Crippen LogP contribution is -2.54. The van der Waals surface area contributed by atoms with E-state index in [-0.39, 0.29) is 19.3 Å². The number of carbonyl (C=O) groups excluding carboxylic acids is 3. The van der Waals surface area contributed by atoms with Crippen LogP contribution in [0.3, 0.4) is 0 Å². The van der Waals surface area contributed by atoms with Crippen molar-refractivity contribution in [3.05, 3.63) is 84.1 Å². The summed E-state index contributed by atoms with van der Waals surface area (Å²) in [7, 11) is 0. The molecular weight excluding hydrogens is 646 g/mol. The summed E-state index contributed by atoms with van der Waals surface area (Å²) in [5, 5.41) is 35.3. The number of aliphatic carboxylic acids is 2. The molecule has 0 bridgehead atoms. The van der Waals surface area contributed by atoms with Crippen molar-refractivity contribution in [1.82, 2.24) is 30.9 Å². The number of H-pyrrole nitrogens is 2. The van der Waals surface area contributed by atoms with Gasteiger partial charge in [-0.05, 0) is 43.0 Å². The van der Waals surface area contributed by atoms with Gasteiger partial charge in [-0.2, -0.15) is 0 Å². The number of nitrogens with zero attached hydrogens (tertiary/aromatic N) is 1. The molecule has 10 N–H and O–H groups in total. The van der Waals surface area contributed by atoms with E-state index in [2.05, 4.69) is 51.7 Å². The molecule has 3 atom stereocenters. The molecule has 50 heavy (non-hydrogen) atoms. The van der Waals surface area contributed by atoms with Crippen LogP contribution >= 0.6 is 0 Å². The summed E-state index contributed by atoms with van der Waals surface area (Å²) in [5.41, 5.74) is 9.16. The van der Waals surface area contributed by atoms with Crippen LogP contribution in [0.2, 0.25) is 0 Å². The maximum atomic E-state index is 12.7. The molecule has 270 valence electrons. The van der Waals surface area contributed by atoms with Crippen LogP contribution in [0, 0.1) is 12.8 Å². The Morgan fingerprint density at radius 3 is 2.12 bits per heavy atom. The summed E-state index contributed by atoms with van der Waals surface area (Å²) in [6.45, 7) is 7.90. The highest BCUT2D eigenvalue weighted by atomic mass is 16.4. The standard InChI is InChI=1S/C24H29N7O7.C7H8O.C4H10/c25-16(8-14-10-26-12-29-14)22(35)31-18(5-6-21(33)34)23(36)28-11-20(32)30-19(24(37)38)7-13-9-27-17-4-2-1-3-15(13)17;1-6-2-4-7(8)5-3-6;1-4(2)3/h1-4,9-10,12,16,18-19,27H,5-8,11,25H2,(H,26,29)(H,28,36)(H,30,32)(H,31,35)(H,33,34)(H,37,38);2-5,8H,1H3;4H,1-3H3. The predicted octanol–water partition coefficient (Wildman–Crippen LogP) is 2.40. The van der Waals surface area contributed by atoms with Gasteiger partial charge in [0.1, 0.15) is 17.8 Å². The Labute approximate surface area is 290 Å². The number of para-hydroxylation sites is 1. The molecule has 2 heterocycles. The number of phenolic OH excluding ortho intramolecular Hbond substituents is 1. The molecule has 0 spiro atoms. The topological polar surface area (TPSA) is 253 Å². The smallest absolute Gasteiger partial charge is 0.326 e. The lowest BCUT2D eigenvalue weighted by molar-refractivity contribution is -0.141. The van der Waals surface area contributed by atoms with Crippen LogP contribution in [-0.2, 0) is 36.8 Å². The van der Waals surface area contributed by atoms with Gasteiger partial charge in [0, 0.05) is 48.3 Å². The van der Waals surface area contributed by atoms with Crippen molar-refractivity contribution in [2.45, 2.75) is 71.5 Å². The van der Waals surface area contributed by atoms with Crippen molar-refractivity contribution in [2.24, 2.45) is 11.7 Å². The third-order valence-electron chi connectivity index (χ3n) is 6.80. The first kappa shape index (κ1) is 40.5. The van der Waals surface area contributed by atoms with Gasteiger partial charge in [-0.3, -0.25) is 19.2 Å². The quantitative estimate of drug-likeness (QED) is 0.0932. The second kappa shape index (κ2) is 20.6. The molecule has 4 rings (SSSR count). The van der Waals surface area contributed by atoms with Gasteiger partial charge in [-0.15, -0.1) is 0 Å². The number of nitrogens with two attached hydrogens (primary N) is 1. The number of hydrogen-bond donors (Lipinski definition) is 9. The zero-order chi connectivity index (χ0) is 37.2.